The summed E-state index contributed by atoms with van der Waals surface area (Å²) < 4.78 is 15.2. The van der Waals surface area contributed by atoms with Crippen LogP contribution in [0.3, 0.4) is 0 Å². The second kappa shape index (κ2) is 7.69. The van der Waals surface area contributed by atoms with Gasteiger partial charge in [0.15, 0.2) is 6.10 Å². The maximum absolute atomic E-state index is 13.0. The van der Waals surface area contributed by atoms with E-state index in [9.17, 15) is 4.79 Å². The minimum atomic E-state index is -0.471. The van der Waals surface area contributed by atoms with Gasteiger partial charge in [0.25, 0.3) is 5.91 Å². The average molecular weight is 374 g/mol. The highest BCUT2D eigenvalue weighted by Crippen LogP contribution is 2.29. The standard InChI is InChI=1S/C18H22N4O3S/c1-24-10-7-16-19-18(26-20-16)21-9-11-25-15(12-21)17(23)22-8-6-13-4-2-3-5-14(13)22/h2-5,15H,6-12H2,1H3. The molecule has 0 N–H and O–H groups in total. The Balaban J connectivity index is 1.44. The number of morpholine rings is 1. The number of ether oxygens (including phenoxy) is 2. The van der Waals surface area contributed by atoms with E-state index in [-0.39, 0.29) is 5.91 Å². The highest BCUT2D eigenvalue weighted by molar-refractivity contribution is 7.09. The van der Waals surface area contributed by atoms with Crippen LogP contribution in [-0.2, 0) is 27.1 Å². The van der Waals surface area contributed by atoms with E-state index in [1.54, 1.807) is 7.11 Å². The molecule has 0 radical (unpaired) electrons. The number of methoxy groups -OCH3 is 1. The molecule has 1 amide bonds. The zero-order chi connectivity index (χ0) is 17.9. The van der Waals surface area contributed by atoms with Crippen LogP contribution in [0.2, 0.25) is 0 Å². The van der Waals surface area contributed by atoms with Gasteiger partial charge in [0.05, 0.1) is 19.8 Å². The van der Waals surface area contributed by atoms with Crippen LogP contribution in [0.1, 0.15) is 11.4 Å². The molecular formula is C18H22N4O3S. The van der Waals surface area contributed by atoms with Crippen molar-refractivity contribution in [2.45, 2.75) is 18.9 Å². The lowest BCUT2D eigenvalue weighted by molar-refractivity contribution is -0.130. The van der Waals surface area contributed by atoms with Gasteiger partial charge in [0.2, 0.25) is 5.13 Å². The lowest BCUT2D eigenvalue weighted by Gasteiger charge is -2.33. The molecule has 0 aliphatic carbocycles. The summed E-state index contributed by atoms with van der Waals surface area (Å²) in [6.45, 7) is 3.07. The zero-order valence-corrected chi connectivity index (χ0v) is 15.6. The van der Waals surface area contributed by atoms with E-state index in [1.165, 1.54) is 17.1 Å². The number of benzene rings is 1. The van der Waals surface area contributed by atoms with Crippen LogP contribution in [0.4, 0.5) is 10.8 Å². The number of para-hydroxylation sites is 1. The van der Waals surface area contributed by atoms with Crippen LogP contribution in [0, 0.1) is 0 Å². The highest BCUT2D eigenvalue weighted by atomic mass is 32.1. The lowest BCUT2D eigenvalue weighted by Crippen LogP contribution is -2.51. The van der Waals surface area contributed by atoms with Crippen LogP contribution in [-0.4, -0.2) is 61.3 Å². The Hall–Kier alpha value is -2.03. The van der Waals surface area contributed by atoms with Crippen molar-refractivity contribution < 1.29 is 14.3 Å². The molecule has 8 heteroatoms. The Labute approximate surface area is 156 Å². The van der Waals surface area contributed by atoms with Gasteiger partial charge in [-0.1, -0.05) is 18.2 Å². The molecule has 2 aliphatic heterocycles. The molecular weight excluding hydrogens is 352 g/mol. The summed E-state index contributed by atoms with van der Waals surface area (Å²) in [5, 5.41) is 0.846. The predicted octanol–water partition coefficient (Wildman–Crippen LogP) is 1.52. The number of carbonyl (C=O) groups is 1. The number of fused-ring (bicyclic) bond motifs is 1. The molecule has 4 rings (SSSR count). The van der Waals surface area contributed by atoms with Gasteiger partial charge >= 0.3 is 0 Å². The van der Waals surface area contributed by atoms with E-state index in [0.717, 1.165) is 36.2 Å². The normalized spacial score (nSPS) is 19.7. The molecule has 1 saturated heterocycles. The first kappa shape index (κ1) is 17.4. The smallest absolute Gasteiger partial charge is 0.257 e. The third-order valence-electron chi connectivity index (χ3n) is 4.75. The fraction of sp³-hybridized carbons (Fsp3) is 0.500. The molecule has 7 nitrogen and oxygen atoms in total. The second-order valence-corrected chi connectivity index (χ2v) is 7.14. The first-order valence-corrected chi connectivity index (χ1v) is 9.61. The Kier molecular flexibility index (Phi) is 5.14. The summed E-state index contributed by atoms with van der Waals surface area (Å²) in [5.74, 6) is 0.818. The third kappa shape index (κ3) is 3.44. The van der Waals surface area contributed by atoms with Crippen molar-refractivity contribution in [2.75, 3.05) is 49.8 Å². The van der Waals surface area contributed by atoms with Crippen LogP contribution >= 0.6 is 11.5 Å². The number of rotatable bonds is 5. The van der Waals surface area contributed by atoms with E-state index in [0.29, 0.717) is 26.2 Å². The van der Waals surface area contributed by atoms with Crippen molar-refractivity contribution in [1.29, 1.82) is 0 Å². The van der Waals surface area contributed by atoms with Gasteiger partial charge in [-0.05, 0) is 18.1 Å². The quantitative estimate of drug-likeness (QED) is 0.791. The molecule has 2 aliphatic rings. The Morgan fingerprint density at radius 3 is 3.15 bits per heavy atom. The lowest BCUT2D eigenvalue weighted by atomic mass is 10.2. The van der Waals surface area contributed by atoms with Gasteiger partial charge in [0.1, 0.15) is 5.82 Å². The largest absolute Gasteiger partial charge is 0.384 e. The summed E-state index contributed by atoms with van der Waals surface area (Å²) >= 11 is 1.37. The van der Waals surface area contributed by atoms with E-state index in [4.69, 9.17) is 9.47 Å². The number of carbonyl (C=O) groups excluding carboxylic acids is 1. The van der Waals surface area contributed by atoms with Crippen molar-refractivity contribution in [1.82, 2.24) is 9.36 Å². The van der Waals surface area contributed by atoms with E-state index >= 15 is 0 Å². The van der Waals surface area contributed by atoms with Crippen molar-refractivity contribution in [3.8, 4) is 0 Å². The molecule has 0 bridgehead atoms. The maximum atomic E-state index is 13.0. The summed E-state index contributed by atoms with van der Waals surface area (Å²) in [5.41, 5.74) is 2.23. The van der Waals surface area contributed by atoms with Crippen LogP contribution in [0.25, 0.3) is 0 Å². The summed E-state index contributed by atoms with van der Waals surface area (Å²) in [6.07, 6.45) is 1.13. The summed E-state index contributed by atoms with van der Waals surface area (Å²) in [7, 11) is 1.67. The van der Waals surface area contributed by atoms with Crippen LogP contribution in [0.15, 0.2) is 24.3 Å². The van der Waals surface area contributed by atoms with Gasteiger partial charge in [-0.15, -0.1) is 0 Å². The molecule has 0 saturated carbocycles. The van der Waals surface area contributed by atoms with Gasteiger partial charge in [0, 0.05) is 43.8 Å². The number of aromatic nitrogens is 2. The third-order valence-corrected chi connectivity index (χ3v) is 5.57. The fourth-order valence-electron chi connectivity index (χ4n) is 3.38. The number of hydrogen-bond acceptors (Lipinski definition) is 7. The average Bonchev–Trinajstić information content (AvgIpc) is 3.33. The Bertz CT molecular complexity index is 781. The first-order valence-electron chi connectivity index (χ1n) is 8.83. The molecule has 1 aromatic heterocycles. The predicted molar refractivity (Wildman–Crippen MR) is 99.9 cm³/mol. The van der Waals surface area contributed by atoms with E-state index < -0.39 is 6.10 Å². The van der Waals surface area contributed by atoms with Gasteiger partial charge in [-0.3, -0.25) is 4.79 Å². The summed E-state index contributed by atoms with van der Waals surface area (Å²) in [4.78, 5) is 21.5. The number of amides is 1. The van der Waals surface area contributed by atoms with Crippen molar-refractivity contribution in [3.63, 3.8) is 0 Å². The molecule has 0 spiro atoms. The minimum Gasteiger partial charge on any atom is -0.384 e. The Morgan fingerprint density at radius 1 is 1.38 bits per heavy atom. The van der Waals surface area contributed by atoms with Crippen molar-refractivity contribution in [2.24, 2.45) is 0 Å². The van der Waals surface area contributed by atoms with Gasteiger partial charge in [-0.25, -0.2) is 4.98 Å². The fourth-order valence-corrected chi connectivity index (χ4v) is 4.13. The van der Waals surface area contributed by atoms with E-state index in [2.05, 4.69) is 20.3 Å². The molecule has 1 unspecified atom stereocenters. The molecule has 26 heavy (non-hydrogen) atoms. The van der Waals surface area contributed by atoms with E-state index in [1.807, 2.05) is 23.1 Å². The number of nitrogens with zero attached hydrogens (tertiary/aromatic N) is 4. The topological polar surface area (TPSA) is 67.8 Å². The van der Waals surface area contributed by atoms with Gasteiger partial charge < -0.3 is 19.3 Å². The molecule has 3 heterocycles. The van der Waals surface area contributed by atoms with Crippen LogP contribution in [0.5, 0.6) is 0 Å². The monoisotopic (exact) mass is 374 g/mol. The SMILES string of the molecule is COCCc1nsc(N2CCOC(C(=O)N3CCc4ccccc43)C2)n1. The molecule has 1 fully saturated rings. The molecule has 1 atom stereocenters. The zero-order valence-electron chi connectivity index (χ0n) is 14.8. The minimum absolute atomic E-state index is 0.0313. The van der Waals surface area contributed by atoms with Gasteiger partial charge in [-0.2, -0.15) is 4.37 Å². The molecule has 1 aromatic carbocycles. The number of anilines is 2. The highest BCUT2D eigenvalue weighted by Gasteiger charge is 2.34. The van der Waals surface area contributed by atoms with Crippen molar-refractivity contribution >= 4 is 28.3 Å². The van der Waals surface area contributed by atoms with Crippen molar-refractivity contribution in [3.05, 3.63) is 35.7 Å². The molecule has 2 aromatic rings. The first-order chi connectivity index (χ1) is 12.8. The Morgan fingerprint density at radius 2 is 2.27 bits per heavy atom. The molecule has 138 valence electrons. The number of hydrogen-bond donors (Lipinski definition) is 0. The summed E-state index contributed by atoms with van der Waals surface area (Å²) in [6, 6.07) is 8.08. The maximum Gasteiger partial charge on any atom is 0.257 e. The van der Waals surface area contributed by atoms with Crippen LogP contribution < -0.4 is 9.80 Å². The second-order valence-electron chi connectivity index (χ2n) is 6.41.